The molecular formula is C13H11NO3. The van der Waals surface area contributed by atoms with E-state index in [2.05, 4.69) is 4.98 Å². The molecule has 2 rings (SSSR count). The summed E-state index contributed by atoms with van der Waals surface area (Å²) in [5.41, 5.74) is 2.12. The van der Waals surface area contributed by atoms with Gasteiger partial charge in [-0.25, -0.2) is 4.79 Å². The van der Waals surface area contributed by atoms with Gasteiger partial charge in [-0.1, -0.05) is 12.1 Å². The zero-order valence-electron chi connectivity index (χ0n) is 9.23. The highest BCUT2D eigenvalue weighted by Gasteiger charge is 2.10. The Morgan fingerprint density at radius 3 is 2.76 bits per heavy atom. The second-order valence-corrected chi connectivity index (χ2v) is 3.70. The van der Waals surface area contributed by atoms with Gasteiger partial charge in [0.15, 0.2) is 5.78 Å². The van der Waals surface area contributed by atoms with Crippen molar-refractivity contribution < 1.29 is 14.7 Å². The molecule has 4 nitrogen and oxygen atoms in total. The lowest BCUT2D eigenvalue weighted by atomic mass is 10.0. The van der Waals surface area contributed by atoms with Gasteiger partial charge in [0.2, 0.25) is 0 Å². The molecule has 0 aliphatic carbocycles. The first kappa shape index (κ1) is 11.1. The smallest absolute Gasteiger partial charge is 0.328 e. The number of carboxylic acid groups (broad SMARTS) is 1. The second-order valence-electron chi connectivity index (χ2n) is 3.70. The average Bonchev–Trinajstić information content (AvgIpc) is 2.70. The molecule has 0 unspecified atom stereocenters. The molecule has 17 heavy (non-hydrogen) atoms. The van der Waals surface area contributed by atoms with Crippen molar-refractivity contribution in [2.45, 2.75) is 6.92 Å². The largest absolute Gasteiger partial charge is 0.478 e. The van der Waals surface area contributed by atoms with Gasteiger partial charge in [-0.05, 0) is 24.6 Å². The van der Waals surface area contributed by atoms with E-state index in [9.17, 15) is 9.59 Å². The van der Waals surface area contributed by atoms with E-state index in [1.807, 2.05) is 12.1 Å². The summed E-state index contributed by atoms with van der Waals surface area (Å²) in [6, 6.07) is 5.44. The number of aliphatic carboxylic acids is 1. The Morgan fingerprint density at radius 1 is 1.35 bits per heavy atom. The molecule has 4 heteroatoms. The summed E-state index contributed by atoms with van der Waals surface area (Å²) < 4.78 is 0. The molecule has 0 amide bonds. The molecule has 0 bridgehead atoms. The van der Waals surface area contributed by atoms with Gasteiger partial charge >= 0.3 is 5.97 Å². The van der Waals surface area contributed by atoms with Crippen LogP contribution in [0.2, 0.25) is 0 Å². The van der Waals surface area contributed by atoms with E-state index in [1.54, 1.807) is 12.3 Å². The van der Waals surface area contributed by atoms with Gasteiger partial charge in [0, 0.05) is 28.7 Å². The van der Waals surface area contributed by atoms with Crippen LogP contribution in [0.3, 0.4) is 0 Å². The number of fused-ring (bicyclic) bond motifs is 1. The van der Waals surface area contributed by atoms with E-state index in [-0.39, 0.29) is 5.78 Å². The Morgan fingerprint density at radius 2 is 2.12 bits per heavy atom. The van der Waals surface area contributed by atoms with E-state index < -0.39 is 5.97 Å². The van der Waals surface area contributed by atoms with Crippen LogP contribution in [0.1, 0.15) is 22.8 Å². The number of hydrogen-bond acceptors (Lipinski definition) is 2. The number of Topliss-reactive ketones (excluding diaryl/α,β-unsaturated/α-hetero) is 1. The summed E-state index contributed by atoms with van der Waals surface area (Å²) in [4.78, 5) is 25.0. The number of aromatic nitrogens is 1. The van der Waals surface area contributed by atoms with E-state index in [0.717, 1.165) is 22.5 Å². The lowest BCUT2D eigenvalue weighted by molar-refractivity contribution is -0.131. The molecule has 86 valence electrons. The molecule has 0 aliphatic heterocycles. The van der Waals surface area contributed by atoms with Crippen LogP contribution in [-0.2, 0) is 4.79 Å². The number of ketones is 1. The van der Waals surface area contributed by atoms with Gasteiger partial charge in [0.1, 0.15) is 0 Å². The van der Waals surface area contributed by atoms with Crippen LogP contribution in [0.4, 0.5) is 0 Å². The highest BCUT2D eigenvalue weighted by atomic mass is 16.4. The van der Waals surface area contributed by atoms with Crippen molar-refractivity contribution in [1.29, 1.82) is 0 Å². The number of H-pyrrole nitrogens is 1. The van der Waals surface area contributed by atoms with Crippen molar-refractivity contribution in [1.82, 2.24) is 4.98 Å². The van der Waals surface area contributed by atoms with Gasteiger partial charge in [0.25, 0.3) is 0 Å². The molecule has 1 aromatic carbocycles. The Balaban J connectivity index is 2.66. The highest BCUT2D eigenvalue weighted by Crippen LogP contribution is 2.24. The standard InChI is InChI=1S/C13H11NO3/c1-8(15)10-7-14-11-4-2-3-9(13(10)11)5-6-12(16)17/h2-7,14H,1H3,(H,16,17)/b6-5+. The minimum absolute atomic E-state index is 0.0487. The molecule has 0 atom stereocenters. The molecule has 0 spiro atoms. The SMILES string of the molecule is CC(=O)c1c[nH]c2cccc(/C=C/C(=O)O)c12. The summed E-state index contributed by atoms with van der Waals surface area (Å²) in [7, 11) is 0. The van der Waals surface area contributed by atoms with Crippen LogP contribution in [-0.4, -0.2) is 21.8 Å². The number of benzene rings is 1. The predicted molar refractivity (Wildman–Crippen MR) is 65.0 cm³/mol. The van der Waals surface area contributed by atoms with Crippen LogP contribution < -0.4 is 0 Å². The first-order valence-electron chi connectivity index (χ1n) is 5.11. The first-order valence-corrected chi connectivity index (χ1v) is 5.11. The molecule has 0 aliphatic rings. The molecule has 0 radical (unpaired) electrons. The zero-order valence-corrected chi connectivity index (χ0v) is 9.23. The minimum atomic E-state index is -1.01. The predicted octanol–water partition coefficient (Wildman–Crippen LogP) is 2.47. The Bertz CT molecular complexity index is 623. The number of rotatable bonds is 3. The molecule has 0 fully saturated rings. The number of nitrogens with one attached hydrogen (secondary N) is 1. The number of carbonyl (C=O) groups excluding carboxylic acids is 1. The van der Waals surface area contributed by atoms with Crippen molar-refractivity contribution in [3.8, 4) is 0 Å². The molecule has 1 aromatic heterocycles. The second kappa shape index (κ2) is 4.25. The van der Waals surface area contributed by atoms with Crippen LogP contribution in [0.5, 0.6) is 0 Å². The number of carbonyl (C=O) groups is 2. The fourth-order valence-electron chi connectivity index (χ4n) is 1.79. The van der Waals surface area contributed by atoms with E-state index in [0.29, 0.717) is 5.56 Å². The van der Waals surface area contributed by atoms with Crippen LogP contribution >= 0.6 is 0 Å². The third-order valence-electron chi connectivity index (χ3n) is 2.52. The summed E-state index contributed by atoms with van der Waals surface area (Å²) in [6.07, 6.45) is 4.20. The zero-order chi connectivity index (χ0) is 12.4. The monoisotopic (exact) mass is 229 g/mol. The van der Waals surface area contributed by atoms with Crippen molar-refractivity contribution in [2.75, 3.05) is 0 Å². The van der Waals surface area contributed by atoms with Crippen molar-refractivity contribution in [2.24, 2.45) is 0 Å². The fraction of sp³-hybridized carbons (Fsp3) is 0.0769. The average molecular weight is 229 g/mol. The summed E-state index contributed by atoms with van der Waals surface area (Å²) in [5, 5.41) is 9.38. The van der Waals surface area contributed by atoms with Gasteiger partial charge in [-0.3, -0.25) is 4.79 Å². The third-order valence-corrected chi connectivity index (χ3v) is 2.52. The van der Waals surface area contributed by atoms with Gasteiger partial charge in [0.05, 0.1) is 0 Å². The Hall–Kier alpha value is -2.36. The minimum Gasteiger partial charge on any atom is -0.478 e. The lowest BCUT2D eigenvalue weighted by Gasteiger charge is -1.99. The van der Waals surface area contributed by atoms with Crippen molar-refractivity contribution >= 4 is 28.7 Å². The van der Waals surface area contributed by atoms with E-state index >= 15 is 0 Å². The third kappa shape index (κ3) is 2.10. The molecule has 2 N–H and O–H groups in total. The fourth-order valence-corrected chi connectivity index (χ4v) is 1.79. The number of carboxylic acids is 1. The van der Waals surface area contributed by atoms with Crippen molar-refractivity contribution in [3.05, 3.63) is 41.6 Å². The summed E-state index contributed by atoms with van der Waals surface area (Å²) in [6.45, 7) is 1.49. The maximum Gasteiger partial charge on any atom is 0.328 e. The molecule has 2 aromatic rings. The van der Waals surface area contributed by atoms with Gasteiger partial charge < -0.3 is 10.1 Å². The quantitative estimate of drug-likeness (QED) is 0.627. The normalized spacial score (nSPS) is 11.1. The lowest BCUT2D eigenvalue weighted by Crippen LogP contribution is -1.91. The molecule has 0 saturated carbocycles. The van der Waals surface area contributed by atoms with E-state index in [1.165, 1.54) is 13.0 Å². The first-order chi connectivity index (χ1) is 8.09. The maximum atomic E-state index is 11.5. The molecular weight excluding hydrogens is 218 g/mol. The molecule has 0 saturated heterocycles. The highest BCUT2D eigenvalue weighted by molar-refractivity contribution is 6.09. The Kier molecular flexibility index (Phi) is 2.78. The van der Waals surface area contributed by atoms with Gasteiger partial charge in [-0.15, -0.1) is 0 Å². The van der Waals surface area contributed by atoms with Crippen LogP contribution in [0.25, 0.3) is 17.0 Å². The van der Waals surface area contributed by atoms with Crippen LogP contribution in [0, 0.1) is 0 Å². The Labute approximate surface area is 97.6 Å². The van der Waals surface area contributed by atoms with E-state index in [4.69, 9.17) is 5.11 Å². The van der Waals surface area contributed by atoms with Crippen LogP contribution in [0.15, 0.2) is 30.5 Å². The molecule has 1 heterocycles. The van der Waals surface area contributed by atoms with Gasteiger partial charge in [-0.2, -0.15) is 0 Å². The maximum absolute atomic E-state index is 11.5. The topological polar surface area (TPSA) is 70.2 Å². The number of hydrogen-bond donors (Lipinski definition) is 2. The summed E-state index contributed by atoms with van der Waals surface area (Å²) in [5.74, 6) is -1.06. The summed E-state index contributed by atoms with van der Waals surface area (Å²) >= 11 is 0. The number of aromatic amines is 1. The van der Waals surface area contributed by atoms with Crippen molar-refractivity contribution in [3.63, 3.8) is 0 Å².